The minimum absolute atomic E-state index is 0.184. The largest absolute Gasteiger partial charge is 0.497 e. The molecular weight excluding hydrogens is 423 g/mol. The molecule has 2 amide bonds. The summed E-state index contributed by atoms with van der Waals surface area (Å²) in [5, 5.41) is 0.476. The first-order valence-electron chi connectivity index (χ1n) is 9.88. The Bertz CT molecular complexity index is 1030. The third-order valence-corrected chi connectivity index (χ3v) is 6.52. The molecule has 30 heavy (non-hydrogen) atoms. The van der Waals surface area contributed by atoms with Crippen LogP contribution in [0.15, 0.2) is 48.2 Å². The lowest BCUT2D eigenvalue weighted by atomic mass is 9.97. The molecule has 2 aliphatic rings. The Morgan fingerprint density at radius 3 is 2.27 bits per heavy atom. The van der Waals surface area contributed by atoms with Gasteiger partial charge in [-0.1, -0.05) is 48.3 Å². The monoisotopic (exact) mass is 444 g/mol. The molecule has 5 nitrogen and oxygen atoms in total. The number of piperidine rings is 1. The van der Waals surface area contributed by atoms with Crippen LogP contribution in [0.5, 0.6) is 5.75 Å². The number of likely N-dealkylation sites (tertiary alicyclic amines) is 1. The molecule has 0 radical (unpaired) electrons. The molecule has 156 valence electrons. The number of hydrogen-bond acceptors (Lipinski definition) is 4. The second-order valence-electron chi connectivity index (χ2n) is 7.64. The number of amides is 2. The van der Waals surface area contributed by atoms with Gasteiger partial charge in [0.25, 0.3) is 11.8 Å². The van der Waals surface area contributed by atoms with Gasteiger partial charge < -0.3 is 9.64 Å². The molecule has 7 heteroatoms. The third-order valence-electron chi connectivity index (χ3n) is 5.71. The van der Waals surface area contributed by atoms with E-state index in [1.54, 1.807) is 49.6 Å². The highest BCUT2D eigenvalue weighted by molar-refractivity contribution is 6.49. The van der Waals surface area contributed by atoms with Crippen LogP contribution in [0, 0.1) is 5.92 Å². The van der Waals surface area contributed by atoms with Gasteiger partial charge in [0.15, 0.2) is 0 Å². The molecule has 0 aliphatic carbocycles. The number of anilines is 1. The van der Waals surface area contributed by atoms with Gasteiger partial charge in [-0.05, 0) is 48.6 Å². The second-order valence-corrected chi connectivity index (χ2v) is 8.43. The summed E-state index contributed by atoms with van der Waals surface area (Å²) in [6.07, 6.45) is 1.94. The fourth-order valence-corrected chi connectivity index (χ4v) is 4.33. The molecule has 0 unspecified atom stereocenters. The minimum atomic E-state index is -0.400. The number of ether oxygens (including phenoxy) is 1. The van der Waals surface area contributed by atoms with Crippen LogP contribution in [0.25, 0.3) is 5.57 Å². The van der Waals surface area contributed by atoms with Crippen molar-refractivity contribution in [2.75, 3.05) is 25.1 Å². The summed E-state index contributed by atoms with van der Waals surface area (Å²) in [5.74, 6) is 0.503. The van der Waals surface area contributed by atoms with Gasteiger partial charge in [-0.25, -0.2) is 4.90 Å². The topological polar surface area (TPSA) is 49.9 Å². The van der Waals surface area contributed by atoms with Gasteiger partial charge in [0.2, 0.25) is 0 Å². The van der Waals surface area contributed by atoms with Crippen LogP contribution in [-0.4, -0.2) is 36.9 Å². The zero-order valence-corrected chi connectivity index (χ0v) is 18.3. The molecule has 2 aromatic carbocycles. The van der Waals surface area contributed by atoms with Crippen LogP contribution < -0.4 is 9.64 Å². The number of halogens is 2. The van der Waals surface area contributed by atoms with Crippen molar-refractivity contribution in [2.24, 2.45) is 5.92 Å². The van der Waals surface area contributed by atoms with E-state index in [1.807, 2.05) is 4.90 Å². The highest BCUT2D eigenvalue weighted by Gasteiger charge is 2.43. The maximum atomic E-state index is 13.5. The molecule has 1 fully saturated rings. The van der Waals surface area contributed by atoms with E-state index in [0.717, 1.165) is 30.8 Å². The standard InChI is InChI=1S/C23H22Cl2N2O3/c1-14-10-12-26(13-11-14)21-19(15-6-8-16(30-2)9-7-15)22(28)27(23(21)29)18-5-3-4-17(24)20(18)25/h3-9,14H,10-13H2,1-2H3. The highest BCUT2D eigenvalue weighted by atomic mass is 35.5. The maximum absolute atomic E-state index is 13.5. The van der Waals surface area contributed by atoms with E-state index >= 15 is 0 Å². The number of nitrogens with zero attached hydrogens (tertiary/aromatic N) is 2. The van der Waals surface area contributed by atoms with Gasteiger partial charge in [-0.15, -0.1) is 0 Å². The van der Waals surface area contributed by atoms with Crippen molar-refractivity contribution in [1.82, 2.24) is 4.90 Å². The van der Waals surface area contributed by atoms with Crippen molar-refractivity contribution < 1.29 is 14.3 Å². The molecule has 0 spiro atoms. The Labute approximate surface area is 185 Å². The molecule has 1 saturated heterocycles. The summed E-state index contributed by atoms with van der Waals surface area (Å²) >= 11 is 12.5. The van der Waals surface area contributed by atoms with Crippen LogP contribution in [0.1, 0.15) is 25.3 Å². The zero-order chi connectivity index (χ0) is 21.4. The van der Waals surface area contributed by atoms with Crippen molar-refractivity contribution in [3.05, 3.63) is 63.8 Å². The van der Waals surface area contributed by atoms with Crippen molar-refractivity contribution in [3.8, 4) is 5.75 Å². The number of carbonyl (C=O) groups excluding carboxylic acids is 2. The molecule has 0 atom stereocenters. The SMILES string of the molecule is COc1ccc(C2=C(N3CCC(C)CC3)C(=O)N(c3cccc(Cl)c3Cl)C2=O)cc1. The molecule has 4 rings (SSSR count). The van der Waals surface area contributed by atoms with Gasteiger partial charge in [-0.3, -0.25) is 9.59 Å². The summed E-state index contributed by atoms with van der Waals surface area (Å²) in [6.45, 7) is 3.66. The Kier molecular flexibility index (Phi) is 5.76. The molecule has 0 bridgehead atoms. The predicted octanol–water partition coefficient (Wildman–Crippen LogP) is 5.02. The van der Waals surface area contributed by atoms with E-state index < -0.39 is 5.91 Å². The molecule has 2 aliphatic heterocycles. The first-order chi connectivity index (χ1) is 14.4. The lowest BCUT2D eigenvalue weighted by Crippen LogP contribution is -2.38. The molecule has 0 N–H and O–H groups in total. The fourth-order valence-electron chi connectivity index (χ4n) is 3.95. The van der Waals surface area contributed by atoms with Crippen molar-refractivity contribution in [3.63, 3.8) is 0 Å². The summed E-state index contributed by atoms with van der Waals surface area (Å²) in [7, 11) is 1.59. The van der Waals surface area contributed by atoms with E-state index in [-0.39, 0.29) is 10.9 Å². The Morgan fingerprint density at radius 2 is 1.63 bits per heavy atom. The lowest BCUT2D eigenvalue weighted by molar-refractivity contribution is -0.120. The average Bonchev–Trinajstić information content (AvgIpc) is 3.01. The fraction of sp³-hybridized carbons (Fsp3) is 0.304. The number of hydrogen-bond donors (Lipinski definition) is 0. The van der Waals surface area contributed by atoms with Crippen molar-refractivity contribution in [2.45, 2.75) is 19.8 Å². The minimum Gasteiger partial charge on any atom is -0.497 e. The van der Waals surface area contributed by atoms with Crippen LogP contribution in [0.2, 0.25) is 10.0 Å². The van der Waals surface area contributed by atoms with Gasteiger partial charge in [0, 0.05) is 13.1 Å². The summed E-state index contributed by atoms with van der Waals surface area (Å²) in [6, 6.07) is 12.1. The van der Waals surface area contributed by atoms with E-state index in [4.69, 9.17) is 27.9 Å². The van der Waals surface area contributed by atoms with Gasteiger partial charge in [0.1, 0.15) is 11.4 Å². The van der Waals surface area contributed by atoms with Crippen LogP contribution in [0.3, 0.4) is 0 Å². The molecule has 0 saturated carbocycles. The molecular formula is C23H22Cl2N2O3. The molecule has 2 aromatic rings. The normalized spacial score (nSPS) is 17.9. The smallest absolute Gasteiger partial charge is 0.282 e. The first-order valence-corrected chi connectivity index (χ1v) is 10.6. The van der Waals surface area contributed by atoms with E-state index in [1.165, 1.54) is 0 Å². The lowest BCUT2D eigenvalue weighted by Gasteiger charge is -2.32. The number of methoxy groups -OCH3 is 1. The zero-order valence-electron chi connectivity index (χ0n) is 16.8. The second kappa shape index (κ2) is 8.32. The highest BCUT2D eigenvalue weighted by Crippen LogP contribution is 2.40. The average molecular weight is 445 g/mol. The Morgan fingerprint density at radius 1 is 0.967 bits per heavy atom. The van der Waals surface area contributed by atoms with E-state index in [0.29, 0.717) is 39.2 Å². The Hall–Kier alpha value is -2.50. The summed E-state index contributed by atoms with van der Waals surface area (Å²) in [4.78, 5) is 30.3. The van der Waals surface area contributed by atoms with Crippen molar-refractivity contribution in [1.29, 1.82) is 0 Å². The van der Waals surface area contributed by atoms with E-state index in [9.17, 15) is 9.59 Å². The number of carbonyl (C=O) groups is 2. The molecule has 2 heterocycles. The van der Waals surface area contributed by atoms with Crippen LogP contribution in [0.4, 0.5) is 5.69 Å². The van der Waals surface area contributed by atoms with Crippen LogP contribution >= 0.6 is 23.2 Å². The Balaban J connectivity index is 1.82. The molecule has 0 aromatic heterocycles. The van der Waals surface area contributed by atoms with Gasteiger partial charge in [0.05, 0.1) is 28.4 Å². The number of rotatable bonds is 4. The van der Waals surface area contributed by atoms with Gasteiger partial charge in [-0.2, -0.15) is 0 Å². The van der Waals surface area contributed by atoms with Crippen LogP contribution in [-0.2, 0) is 9.59 Å². The van der Waals surface area contributed by atoms with E-state index in [2.05, 4.69) is 6.92 Å². The number of imide groups is 1. The number of benzene rings is 2. The quantitative estimate of drug-likeness (QED) is 0.621. The van der Waals surface area contributed by atoms with Gasteiger partial charge >= 0.3 is 0 Å². The van der Waals surface area contributed by atoms with Crippen molar-refractivity contribution >= 4 is 46.3 Å². The third kappa shape index (κ3) is 3.57. The maximum Gasteiger partial charge on any atom is 0.282 e. The predicted molar refractivity (Wildman–Crippen MR) is 119 cm³/mol. The summed E-state index contributed by atoms with van der Waals surface area (Å²) in [5.41, 5.74) is 1.77. The first kappa shape index (κ1) is 20.8. The summed E-state index contributed by atoms with van der Waals surface area (Å²) < 4.78 is 5.23.